The third-order valence-corrected chi connectivity index (χ3v) is 4.37. The van der Waals surface area contributed by atoms with Crippen molar-refractivity contribution in [3.8, 4) is 11.5 Å². The molecule has 0 radical (unpaired) electrons. The van der Waals surface area contributed by atoms with Gasteiger partial charge in [-0.25, -0.2) is 0 Å². The summed E-state index contributed by atoms with van der Waals surface area (Å²) in [4.78, 5) is 35.7. The SMILES string of the molecule is C[C@H](CNC(=O)COC(=O)CNC(=O)c1ccc2c(c1)OCO2)c1ccccc1. The van der Waals surface area contributed by atoms with Gasteiger partial charge in [-0.1, -0.05) is 37.3 Å². The monoisotopic (exact) mass is 398 g/mol. The van der Waals surface area contributed by atoms with Crippen molar-refractivity contribution in [2.24, 2.45) is 0 Å². The minimum atomic E-state index is -0.703. The van der Waals surface area contributed by atoms with Gasteiger partial charge in [0.25, 0.3) is 11.8 Å². The predicted molar refractivity (Wildman–Crippen MR) is 104 cm³/mol. The maximum atomic E-state index is 12.1. The first-order valence-corrected chi connectivity index (χ1v) is 9.18. The number of carbonyl (C=O) groups is 3. The molecule has 0 saturated heterocycles. The molecule has 152 valence electrons. The van der Waals surface area contributed by atoms with Crippen molar-refractivity contribution >= 4 is 17.8 Å². The molecule has 1 aliphatic rings. The fourth-order valence-corrected chi connectivity index (χ4v) is 2.71. The molecule has 0 unspecified atom stereocenters. The molecule has 8 nitrogen and oxygen atoms in total. The summed E-state index contributed by atoms with van der Waals surface area (Å²) in [5, 5.41) is 5.17. The molecule has 2 N–H and O–H groups in total. The van der Waals surface area contributed by atoms with E-state index in [0.29, 0.717) is 23.6 Å². The Kier molecular flexibility index (Phi) is 6.67. The number of hydrogen-bond donors (Lipinski definition) is 2. The van der Waals surface area contributed by atoms with Gasteiger partial charge >= 0.3 is 5.97 Å². The molecule has 29 heavy (non-hydrogen) atoms. The average molecular weight is 398 g/mol. The van der Waals surface area contributed by atoms with Crippen molar-refractivity contribution in [3.05, 3.63) is 59.7 Å². The number of hydrogen-bond acceptors (Lipinski definition) is 6. The number of fused-ring (bicyclic) bond motifs is 1. The molecule has 1 aliphatic heterocycles. The molecule has 2 aromatic rings. The summed E-state index contributed by atoms with van der Waals surface area (Å²) < 4.78 is 15.3. The van der Waals surface area contributed by atoms with Crippen LogP contribution >= 0.6 is 0 Å². The van der Waals surface area contributed by atoms with Crippen LogP contribution in [0.5, 0.6) is 11.5 Å². The molecule has 2 amide bonds. The third-order valence-electron chi connectivity index (χ3n) is 4.37. The smallest absolute Gasteiger partial charge is 0.325 e. The molecule has 0 bridgehead atoms. The summed E-state index contributed by atoms with van der Waals surface area (Å²) in [6.45, 7) is 1.79. The second kappa shape index (κ2) is 9.59. The number of benzene rings is 2. The Hall–Kier alpha value is -3.55. The van der Waals surface area contributed by atoms with Gasteiger partial charge in [0.05, 0.1) is 0 Å². The average Bonchev–Trinajstić information content (AvgIpc) is 3.22. The zero-order valence-corrected chi connectivity index (χ0v) is 16.0. The van der Waals surface area contributed by atoms with Gasteiger partial charge in [-0.05, 0) is 29.7 Å². The van der Waals surface area contributed by atoms with E-state index in [1.807, 2.05) is 37.3 Å². The van der Waals surface area contributed by atoms with Gasteiger partial charge in [0.15, 0.2) is 18.1 Å². The highest BCUT2D eigenvalue weighted by atomic mass is 16.7. The third kappa shape index (κ3) is 5.71. The molecule has 1 atom stereocenters. The van der Waals surface area contributed by atoms with Crippen LogP contribution in [0.15, 0.2) is 48.5 Å². The highest BCUT2D eigenvalue weighted by Gasteiger charge is 2.17. The van der Waals surface area contributed by atoms with E-state index in [-0.39, 0.29) is 19.3 Å². The van der Waals surface area contributed by atoms with E-state index in [9.17, 15) is 14.4 Å². The first kappa shape index (κ1) is 20.2. The van der Waals surface area contributed by atoms with E-state index in [1.54, 1.807) is 12.1 Å². The molecule has 3 rings (SSSR count). The van der Waals surface area contributed by atoms with Crippen LogP contribution in [0.3, 0.4) is 0 Å². The fourth-order valence-electron chi connectivity index (χ4n) is 2.71. The van der Waals surface area contributed by atoms with E-state index in [2.05, 4.69) is 10.6 Å². The number of amides is 2. The fraction of sp³-hybridized carbons (Fsp3) is 0.286. The van der Waals surface area contributed by atoms with Crippen molar-refractivity contribution in [1.29, 1.82) is 0 Å². The van der Waals surface area contributed by atoms with Gasteiger partial charge in [0.1, 0.15) is 6.54 Å². The Morgan fingerprint density at radius 3 is 2.59 bits per heavy atom. The lowest BCUT2D eigenvalue weighted by Crippen LogP contribution is -2.35. The predicted octanol–water partition coefficient (Wildman–Crippen LogP) is 1.61. The van der Waals surface area contributed by atoms with E-state index in [4.69, 9.17) is 14.2 Å². The minimum absolute atomic E-state index is 0.110. The molecule has 2 aromatic carbocycles. The maximum Gasteiger partial charge on any atom is 0.325 e. The van der Waals surface area contributed by atoms with Gasteiger partial charge in [0, 0.05) is 12.1 Å². The van der Waals surface area contributed by atoms with Crippen LogP contribution < -0.4 is 20.1 Å². The van der Waals surface area contributed by atoms with Crippen molar-refractivity contribution < 1.29 is 28.6 Å². The van der Waals surface area contributed by atoms with Gasteiger partial charge in [-0.15, -0.1) is 0 Å². The molecular weight excluding hydrogens is 376 g/mol. The first-order chi connectivity index (χ1) is 14.0. The van der Waals surface area contributed by atoms with E-state index in [1.165, 1.54) is 6.07 Å². The Morgan fingerprint density at radius 2 is 1.79 bits per heavy atom. The quantitative estimate of drug-likeness (QED) is 0.655. The Morgan fingerprint density at radius 1 is 1.03 bits per heavy atom. The van der Waals surface area contributed by atoms with Gasteiger partial charge < -0.3 is 24.8 Å². The largest absolute Gasteiger partial charge is 0.454 e. The summed E-state index contributed by atoms with van der Waals surface area (Å²) in [6.07, 6.45) is 0. The van der Waals surface area contributed by atoms with Crippen molar-refractivity contribution in [2.45, 2.75) is 12.8 Å². The molecular formula is C21H22N2O6. The first-order valence-electron chi connectivity index (χ1n) is 9.18. The number of rotatable bonds is 8. The molecule has 0 aliphatic carbocycles. The van der Waals surface area contributed by atoms with Crippen LogP contribution in [0.2, 0.25) is 0 Å². The zero-order chi connectivity index (χ0) is 20.6. The zero-order valence-electron chi connectivity index (χ0n) is 16.0. The van der Waals surface area contributed by atoms with E-state index in [0.717, 1.165) is 5.56 Å². The number of nitrogens with one attached hydrogen (secondary N) is 2. The topological polar surface area (TPSA) is 103 Å². The summed E-state index contributed by atoms with van der Waals surface area (Å²) in [5.41, 5.74) is 1.44. The van der Waals surface area contributed by atoms with E-state index >= 15 is 0 Å². The van der Waals surface area contributed by atoms with Gasteiger partial charge in [0.2, 0.25) is 6.79 Å². The number of ether oxygens (including phenoxy) is 3. The van der Waals surface area contributed by atoms with Gasteiger partial charge in [-0.2, -0.15) is 0 Å². The Labute approximate surface area is 168 Å². The van der Waals surface area contributed by atoms with Crippen LogP contribution in [0.25, 0.3) is 0 Å². The Balaban J connectivity index is 1.35. The maximum absolute atomic E-state index is 12.1. The van der Waals surface area contributed by atoms with Crippen LogP contribution in [-0.4, -0.2) is 44.3 Å². The standard InChI is InChI=1S/C21H22N2O6/c1-14(15-5-3-2-4-6-15)10-22-19(24)12-27-20(25)11-23-21(26)16-7-8-17-18(9-16)29-13-28-17/h2-9,14H,10-13H2,1H3,(H,22,24)(H,23,26)/t14-/m1/s1. The molecule has 0 aromatic heterocycles. The van der Waals surface area contributed by atoms with Crippen LogP contribution in [-0.2, 0) is 14.3 Å². The van der Waals surface area contributed by atoms with Gasteiger partial charge in [-0.3, -0.25) is 14.4 Å². The van der Waals surface area contributed by atoms with Crippen molar-refractivity contribution in [3.63, 3.8) is 0 Å². The normalized spacial score (nSPS) is 12.7. The van der Waals surface area contributed by atoms with Crippen LogP contribution in [0, 0.1) is 0 Å². The molecule has 0 fully saturated rings. The highest BCUT2D eigenvalue weighted by Crippen LogP contribution is 2.32. The molecule has 1 heterocycles. The molecule has 0 saturated carbocycles. The molecule has 8 heteroatoms. The second-order valence-electron chi connectivity index (χ2n) is 6.53. The number of esters is 1. The van der Waals surface area contributed by atoms with Crippen LogP contribution in [0.1, 0.15) is 28.8 Å². The minimum Gasteiger partial charge on any atom is -0.454 e. The lowest BCUT2D eigenvalue weighted by molar-refractivity contribution is -0.147. The summed E-state index contributed by atoms with van der Waals surface area (Å²) in [7, 11) is 0. The van der Waals surface area contributed by atoms with Crippen molar-refractivity contribution in [2.75, 3.05) is 26.5 Å². The lowest BCUT2D eigenvalue weighted by atomic mass is 10.0. The van der Waals surface area contributed by atoms with E-state index < -0.39 is 24.4 Å². The van der Waals surface area contributed by atoms with Crippen molar-refractivity contribution in [1.82, 2.24) is 10.6 Å². The summed E-state index contributed by atoms with van der Waals surface area (Å²) >= 11 is 0. The lowest BCUT2D eigenvalue weighted by Gasteiger charge is -2.13. The number of carbonyl (C=O) groups excluding carboxylic acids is 3. The summed E-state index contributed by atoms with van der Waals surface area (Å²) in [6, 6.07) is 14.5. The summed E-state index contributed by atoms with van der Waals surface area (Å²) in [5.74, 6) is -0.387. The molecule has 0 spiro atoms. The Bertz CT molecular complexity index is 884. The highest BCUT2D eigenvalue weighted by molar-refractivity contribution is 5.96. The second-order valence-corrected chi connectivity index (χ2v) is 6.53. The van der Waals surface area contributed by atoms with Crippen LogP contribution in [0.4, 0.5) is 0 Å².